The van der Waals surface area contributed by atoms with Crippen LogP contribution in [0.2, 0.25) is 0 Å². The summed E-state index contributed by atoms with van der Waals surface area (Å²) >= 11 is 0. The molecule has 0 spiro atoms. The Morgan fingerprint density at radius 1 is 1.07 bits per heavy atom. The molecule has 1 fully saturated rings. The van der Waals surface area contributed by atoms with E-state index in [2.05, 4.69) is 12.1 Å². The number of hydrogen-bond donors (Lipinski definition) is 1. The second-order valence-electron chi connectivity index (χ2n) is 7.01. The minimum atomic E-state index is -0.333. The molecule has 6 heteroatoms. The van der Waals surface area contributed by atoms with E-state index in [1.807, 2.05) is 12.1 Å². The largest absolute Gasteiger partial charge is 0.494 e. The van der Waals surface area contributed by atoms with Crippen molar-refractivity contribution >= 4 is 6.03 Å². The van der Waals surface area contributed by atoms with Crippen LogP contribution in [0.1, 0.15) is 36.3 Å². The number of piperidine rings is 1. The Balaban J connectivity index is 1.33. The van der Waals surface area contributed by atoms with Crippen LogP contribution in [0.15, 0.2) is 48.5 Å². The normalized spacial score (nSPS) is 14.8. The van der Waals surface area contributed by atoms with Crippen LogP contribution in [0.5, 0.6) is 5.75 Å². The van der Waals surface area contributed by atoms with Gasteiger partial charge in [0.2, 0.25) is 0 Å². The van der Waals surface area contributed by atoms with E-state index in [0.717, 1.165) is 25.0 Å². The zero-order valence-corrected chi connectivity index (χ0v) is 16.0. The van der Waals surface area contributed by atoms with E-state index in [9.17, 15) is 9.18 Å². The molecule has 0 aliphatic carbocycles. The monoisotopic (exact) mass is 386 g/mol. The summed E-state index contributed by atoms with van der Waals surface area (Å²) in [6.45, 7) is 2.77. The number of urea groups is 1. The fraction of sp³-hybridized carbons (Fsp3) is 0.409. The molecular weight excluding hydrogens is 359 g/mol. The van der Waals surface area contributed by atoms with Gasteiger partial charge in [-0.3, -0.25) is 0 Å². The van der Waals surface area contributed by atoms with Crippen LogP contribution in [0.25, 0.3) is 0 Å². The average molecular weight is 386 g/mol. The van der Waals surface area contributed by atoms with Crippen molar-refractivity contribution in [2.75, 3.05) is 26.3 Å². The second kappa shape index (κ2) is 10.1. The van der Waals surface area contributed by atoms with Crippen molar-refractivity contribution in [2.24, 2.45) is 5.73 Å². The van der Waals surface area contributed by atoms with Gasteiger partial charge >= 0.3 is 6.03 Å². The van der Waals surface area contributed by atoms with Gasteiger partial charge in [0.1, 0.15) is 11.6 Å². The molecule has 0 unspecified atom stereocenters. The van der Waals surface area contributed by atoms with Crippen molar-refractivity contribution in [3.63, 3.8) is 0 Å². The summed E-state index contributed by atoms with van der Waals surface area (Å²) in [5.74, 6) is 1.04. The van der Waals surface area contributed by atoms with Gasteiger partial charge in [0.25, 0.3) is 0 Å². The van der Waals surface area contributed by atoms with E-state index in [1.54, 1.807) is 23.1 Å². The van der Waals surface area contributed by atoms with E-state index in [-0.39, 0.29) is 18.5 Å². The molecule has 1 aliphatic rings. The number of carbonyl (C=O) groups excluding carboxylic acids is 1. The maximum atomic E-state index is 13.5. The van der Waals surface area contributed by atoms with Crippen molar-refractivity contribution in [2.45, 2.75) is 31.8 Å². The zero-order chi connectivity index (χ0) is 19.8. The molecule has 2 N–H and O–H groups in total. The summed E-state index contributed by atoms with van der Waals surface area (Å²) < 4.78 is 24.7. The van der Waals surface area contributed by atoms with E-state index in [4.69, 9.17) is 15.2 Å². The summed E-state index contributed by atoms with van der Waals surface area (Å²) in [7, 11) is 0. The number of nitrogens with two attached hydrogens (primary N) is 1. The molecule has 0 aromatic heterocycles. The van der Waals surface area contributed by atoms with Crippen molar-refractivity contribution in [3.8, 4) is 5.75 Å². The lowest BCUT2D eigenvalue weighted by atomic mass is 9.89. The van der Waals surface area contributed by atoms with Crippen molar-refractivity contribution in [1.29, 1.82) is 0 Å². The molecule has 1 saturated heterocycles. The van der Waals surface area contributed by atoms with Gasteiger partial charge in [-0.25, -0.2) is 9.18 Å². The fourth-order valence-corrected chi connectivity index (χ4v) is 3.42. The molecule has 150 valence electrons. The minimum Gasteiger partial charge on any atom is -0.494 e. The maximum absolute atomic E-state index is 13.5. The van der Waals surface area contributed by atoms with Gasteiger partial charge in [0.05, 0.1) is 19.8 Å². The topological polar surface area (TPSA) is 64.8 Å². The number of benzene rings is 2. The highest BCUT2D eigenvalue weighted by atomic mass is 19.1. The lowest BCUT2D eigenvalue weighted by Gasteiger charge is -2.31. The summed E-state index contributed by atoms with van der Waals surface area (Å²) in [6.07, 6.45) is 2.60. The number of primary amides is 1. The number of ether oxygens (including phenoxy) is 2. The van der Waals surface area contributed by atoms with Crippen LogP contribution in [-0.4, -0.2) is 37.2 Å². The second-order valence-corrected chi connectivity index (χ2v) is 7.01. The van der Waals surface area contributed by atoms with Crippen LogP contribution in [0.4, 0.5) is 9.18 Å². The first-order chi connectivity index (χ1) is 13.6. The Kier molecular flexibility index (Phi) is 7.25. The zero-order valence-electron chi connectivity index (χ0n) is 16.0. The minimum absolute atomic E-state index is 0.237. The van der Waals surface area contributed by atoms with Crippen LogP contribution in [0, 0.1) is 5.82 Å². The van der Waals surface area contributed by atoms with Gasteiger partial charge in [-0.05, 0) is 42.5 Å². The number of halogens is 1. The third-order valence-corrected chi connectivity index (χ3v) is 5.08. The fourth-order valence-electron chi connectivity index (χ4n) is 3.42. The molecule has 3 rings (SSSR count). The summed E-state index contributed by atoms with van der Waals surface area (Å²) in [4.78, 5) is 12.9. The first-order valence-electron chi connectivity index (χ1n) is 9.72. The lowest BCUT2D eigenvalue weighted by molar-refractivity contribution is 0.105. The molecule has 28 heavy (non-hydrogen) atoms. The van der Waals surface area contributed by atoms with Gasteiger partial charge in [0, 0.05) is 25.1 Å². The van der Waals surface area contributed by atoms with Gasteiger partial charge in [0.15, 0.2) is 0 Å². The SMILES string of the molecule is NC(=O)N1CCC(c2ccc(OCCCOCc3ccccc3F)cc2)CC1. The van der Waals surface area contributed by atoms with Gasteiger partial charge in [-0.2, -0.15) is 0 Å². The Morgan fingerprint density at radius 3 is 2.46 bits per heavy atom. The van der Waals surface area contributed by atoms with E-state index >= 15 is 0 Å². The van der Waals surface area contributed by atoms with E-state index < -0.39 is 0 Å². The Labute approximate surface area is 165 Å². The summed E-state index contributed by atoms with van der Waals surface area (Å²) in [5, 5.41) is 0. The van der Waals surface area contributed by atoms with Gasteiger partial charge < -0.3 is 20.1 Å². The number of hydrogen-bond acceptors (Lipinski definition) is 3. The Hall–Kier alpha value is -2.60. The van der Waals surface area contributed by atoms with E-state index in [0.29, 0.717) is 37.8 Å². The van der Waals surface area contributed by atoms with Crippen LogP contribution >= 0.6 is 0 Å². The Bertz CT molecular complexity index is 759. The molecule has 1 heterocycles. The quantitative estimate of drug-likeness (QED) is 0.696. The smallest absolute Gasteiger partial charge is 0.314 e. The number of nitrogens with zero attached hydrogens (tertiary/aromatic N) is 1. The van der Waals surface area contributed by atoms with Crippen LogP contribution in [-0.2, 0) is 11.3 Å². The van der Waals surface area contributed by atoms with Crippen LogP contribution in [0.3, 0.4) is 0 Å². The highest BCUT2D eigenvalue weighted by Gasteiger charge is 2.22. The third kappa shape index (κ3) is 5.70. The van der Waals surface area contributed by atoms with Gasteiger partial charge in [-0.15, -0.1) is 0 Å². The Morgan fingerprint density at radius 2 is 1.79 bits per heavy atom. The van der Waals surface area contributed by atoms with Crippen molar-refractivity contribution in [3.05, 3.63) is 65.5 Å². The molecule has 0 radical (unpaired) electrons. The average Bonchev–Trinajstić information content (AvgIpc) is 2.72. The molecule has 0 bridgehead atoms. The molecular formula is C22H27FN2O3. The van der Waals surface area contributed by atoms with E-state index in [1.165, 1.54) is 11.6 Å². The van der Waals surface area contributed by atoms with Crippen molar-refractivity contribution < 1.29 is 18.7 Å². The maximum Gasteiger partial charge on any atom is 0.314 e. The third-order valence-electron chi connectivity index (χ3n) is 5.08. The first-order valence-corrected chi connectivity index (χ1v) is 9.72. The lowest BCUT2D eigenvalue weighted by Crippen LogP contribution is -2.41. The molecule has 5 nitrogen and oxygen atoms in total. The number of likely N-dealkylation sites (tertiary alicyclic amines) is 1. The summed E-state index contributed by atoms with van der Waals surface area (Å²) in [6, 6.07) is 14.4. The predicted molar refractivity (Wildman–Crippen MR) is 106 cm³/mol. The molecule has 1 aliphatic heterocycles. The number of rotatable bonds is 8. The number of amides is 2. The van der Waals surface area contributed by atoms with Crippen molar-refractivity contribution in [1.82, 2.24) is 4.90 Å². The predicted octanol–water partition coefficient (Wildman–Crippen LogP) is 4.07. The molecule has 2 aromatic rings. The van der Waals surface area contributed by atoms with Gasteiger partial charge in [-0.1, -0.05) is 30.3 Å². The molecule has 2 amide bonds. The summed E-state index contributed by atoms with van der Waals surface area (Å²) in [5.41, 5.74) is 7.17. The highest BCUT2D eigenvalue weighted by Crippen LogP contribution is 2.29. The molecule has 0 atom stereocenters. The number of carbonyl (C=O) groups is 1. The molecule has 2 aromatic carbocycles. The highest BCUT2D eigenvalue weighted by molar-refractivity contribution is 5.72. The first kappa shape index (κ1) is 20.1. The van der Waals surface area contributed by atoms with Crippen LogP contribution < -0.4 is 10.5 Å². The molecule has 0 saturated carbocycles. The standard InChI is InChI=1S/C22H27FN2O3/c23-21-5-2-1-4-19(21)16-27-14-3-15-28-20-8-6-17(7-9-20)18-10-12-25(13-11-18)22(24)26/h1-2,4-9,18H,3,10-16H2,(H2,24,26).